The summed E-state index contributed by atoms with van der Waals surface area (Å²) in [5, 5.41) is 12.7. The van der Waals surface area contributed by atoms with Crippen LogP contribution in [0.2, 0.25) is 0 Å². The Bertz CT molecular complexity index is 841. The number of anilines is 2. The number of hydrogen-bond acceptors (Lipinski definition) is 5. The highest BCUT2D eigenvalue weighted by Crippen LogP contribution is 2.27. The van der Waals surface area contributed by atoms with Gasteiger partial charge in [0, 0.05) is 37.0 Å². The van der Waals surface area contributed by atoms with E-state index in [2.05, 4.69) is 28.4 Å². The van der Waals surface area contributed by atoms with E-state index in [9.17, 15) is 10.1 Å². The molecular formula is C21H23N3O2. The number of carbonyl (C=O) groups excluding carboxylic acids is 1. The standard InChI is InChI=1S/C21H23N3O2/c1-15(25)17-6-7-18(12-22)21(10-17)23-13-16-8-9-24(14-16)19-4-3-5-20(11-19)26-2/h3-7,10-11,16,23H,8-9,13-14H2,1-2H3. The number of benzene rings is 2. The third-order valence-electron chi connectivity index (χ3n) is 4.83. The Labute approximate surface area is 154 Å². The molecule has 0 aromatic heterocycles. The highest BCUT2D eigenvalue weighted by Gasteiger charge is 2.23. The van der Waals surface area contributed by atoms with Crippen molar-refractivity contribution in [3.05, 3.63) is 53.6 Å². The van der Waals surface area contributed by atoms with Crippen LogP contribution in [0.25, 0.3) is 0 Å². The summed E-state index contributed by atoms with van der Waals surface area (Å²) in [7, 11) is 1.68. The van der Waals surface area contributed by atoms with Crippen molar-refractivity contribution in [2.24, 2.45) is 5.92 Å². The van der Waals surface area contributed by atoms with Gasteiger partial charge >= 0.3 is 0 Å². The van der Waals surface area contributed by atoms with E-state index in [0.717, 1.165) is 37.5 Å². The predicted molar refractivity (Wildman–Crippen MR) is 103 cm³/mol. The Balaban J connectivity index is 1.64. The monoisotopic (exact) mass is 349 g/mol. The SMILES string of the molecule is COc1cccc(N2CCC(CNc3cc(C(C)=O)ccc3C#N)C2)c1. The first-order valence-electron chi connectivity index (χ1n) is 8.78. The maximum Gasteiger partial charge on any atom is 0.159 e. The molecule has 1 aliphatic rings. The number of nitrogens with zero attached hydrogens (tertiary/aromatic N) is 2. The molecule has 0 bridgehead atoms. The largest absolute Gasteiger partial charge is 0.497 e. The summed E-state index contributed by atoms with van der Waals surface area (Å²) < 4.78 is 5.31. The predicted octanol–water partition coefficient (Wildman–Crippen LogP) is 3.71. The van der Waals surface area contributed by atoms with E-state index in [1.165, 1.54) is 12.6 Å². The molecule has 0 saturated carbocycles. The topological polar surface area (TPSA) is 65.4 Å². The van der Waals surface area contributed by atoms with Gasteiger partial charge in [0.1, 0.15) is 11.8 Å². The molecule has 1 fully saturated rings. The maximum absolute atomic E-state index is 11.6. The Morgan fingerprint density at radius 3 is 2.92 bits per heavy atom. The van der Waals surface area contributed by atoms with Crippen LogP contribution in [0.5, 0.6) is 5.75 Å². The zero-order valence-electron chi connectivity index (χ0n) is 15.2. The highest BCUT2D eigenvalue weighted by atomic mass is 16.5. The number of nitrogens with one attached hydrogen (secondary N) is 1. The van der Waals surface area contributed by atoms with Crippen molar-refractivity contribution < 1.29 is 9.53 Å². The van der Waals surface area contributed by atoms with Crippen LogP contribution in [0.1, 0.15) is 29.3 Å². The molecule has 2 aromatic carbocycles. The molecule has 0 aliphatic carbocycles. The van der Waals surface area contributed by atoms with Gasteiger partial charge in [-0.3, -0.25) is 4.79 Å². The third-order valence-corrected chi connectivity index (χ3v) is 4.83. The summed E-state index contributed by atoms with van der Waals surface area (Å²) in [6.45, 7) is 4.26. The number of hydrogen-bond donors (Lipinski definition) is 1. The van der Waals surface area contributed by atoms with E-state index < -0.39 is 0 Å². The van der Waals surface area contributed by atoms with Crippen molar-refractivity contribution in [2.75, 3.05) is 37.0 Å². The van der Waals surface area contributed by atoms with E-state index in [1.807, 2.05) is 12.1 Å². The minimum absolute atomic E-state index is 0.00241. The van der Waals surface area contributed by atoms with Crippen molar-refractivity contribution in [2.45, 2.75) is 13.3 Å². The summed E-state index contributed by atoms with van der Waals surface area (Å²) >= 11 is 0. The van der Waals surface area contributed by atoms with Gasteiger partial charge in [-0.25, -0.2) is 0 Å². The van der Waals surface area contributed by atoms with Crippen LogP contribution in [0.4, 0.5) is 11.4 Å². The second-order valence-corrected chi connectivity index (χ2v) is 6.61. The lowest BCUT2D eigenvalue weighted by Crippen LogP contribution is -2.22. The fourth-order valence-corrected chi connectivity index (χ4v) is 3.30. The van der Waals surface area contributed by atoms with E-state index in [-0.39, 0.29) is 5.78 Å². The number of ether oxygens (including phenoxy) is 1. The van der Waals surface area contributed by atoms with E-state index in [1.54, 1.807) is 25.3 Å². The normalized spacial score (nSPS) is 16.2. The fourth-order valence-electron chi connectivity index (χ4n) is 3.30. The molecule has 1 atom stereocenters. The zero-order valence-corrected chi connectivity index (χ0v) is 15.2. The molecule has 5 heteroatoms. The molecule has 1 aliphatic heterocycles. The lowest BCUT2D eigenvalue weighted by Gasteiger charge is -2.20. The number of rotatable bonds is 6. The van der Waals surface area contributed by atoms with Crippen LogP contribution in [-0.2, 0) is 0 Å². The van der Waals surface area contributed by atoms with E-state index in [4.69, 9.17) is 4.74 Å². The summed E-state index contributed by atoms with van der Waals surface area (Å²) in [5.74, 6) is 1.35. The Kier molecular flexibility index (Phi) is 5.43. The molecule has 1 unspecified atom stereocenters. The van der Waals surface area contributed by atoms with Crippen LogP contribution in [0.3, 0.4) is 0 Å². The minimum atomic E-state index is 0.00241. The van der Waals surface area contributed by atoms with Gasteiger partial charge in [0.05, 0.1) is 18.4 Å². The van der Waals surface area contributed by atoms with Crippen LogP contribution in [0, 0.1) is 17.2 Å². The van der Waals surface area contributed by atoms with Crippen LogP contribution < -0.4 is 15.0 Å². The van der Waals surface area contributed by atoms with Crippen molar-refractivity contribution in [3.63, 3.8) is 0 Å². The first kappa shape index (κ1) is 17.8. The Morgan fingerprint density at radius 2 is 2.19 bits per heavy atom. The molecule has 1 saturated heterocycles. The molecule has 1 heterocycles. The Morgan fingerprint density at radius 1 is 1.35 bits per heavy atom. The van der Waals surface area contributed by atoms with Crippen molar-refractivity contribution in [3.8, 4) is 11.8 Å². The maximum atomic E-state index is 11.6. The van der Waals surface area contributed by atoms with Gasteiger partial charge in [0.25, 0.3) is 0 Å². The van der Waals surface area contributed by atoms with Gasteiger partial charge in [0.15, 0.2) is 5.78 Å². The summed E-state index contributed by atoms with van der Waals surface area (Å²) in [5.41, 5.74) is 3.09. The van der Waals surface area contributed by atoms with Gasteiger partial charge in [-0.05, 0) is 49.6 Å². The van der Waals surface area contributed by atoms with E-state index in [0.29, 0.717) is 17.0 Å². The van der Waals surface area contributed by atoms with Gasteiger partial charge in [-0.2, -0.15) is 5.26 Å². The average molecular weight is 349 g/mol. The van der Waals surface area contributed by atoms with Gasteiger partial charge in [-0.1, -0.05) is 6.07 Å². The molecule has 1 N–H and O–H groups in total. The summed E-state index contributed by atoms with van der Waals surface area (Å²) in [6, 6.07) is 15.5. The van der Waals surface area contributed by atoms with Crippen LogP contribution in [0.15, 0.2) is 42.5 Å². The molecule has 3 rings (SSSR count). The van der Waals surface area contributed by atoms with E-state index >= 15 is 0 Å². The highest BCUT2D eigenvalue weighted by molar-refractivity contribution is 5.95. The number of ketones is 1. The van der Waals surface area contributed by atoms with Crippen molar-refractivity contribution >= 4 is 17.2 Å². The first-order chi connectivity index (χ1) is 12.6. The minimum Gasteiger partial charge on any atom is -0.497 e. The molecule has 26 heavy (non-hydrogen) atoms. The summed E-state index contributed by atoms with van der Waals surface area (Å²) in [6.07, 6.45) is 1.08. The zero-order chi connectivity index (χ0) is 18.5. The number of Topliss-reactive ketones (excluding diaryl/α,β-unsaturated/α-hetero) is 1. The molecule has 5 nitrogen and oxygen atoms in total. The second kappa shape index (κ2) is 7.92. The molecular weight excluding hydrogens is 326 g/mol. The molecule has 0 amide bonds. The van der Waals surface area contributed by atoms with Crippen molar-refractivity contribution in [1.82, 2.24) is 0 Å². The van der Waals surface area contributed by atoms with Crippen molar-refractivity contribution in [1.29, 1.82) is 5.26 Å². The average Bonchev–Trinajstić information content (AvgIpc) is 3.15. The Hall–Kier alpha value is -3.00. The molecule has 2 aromatic rings. The van der Waals surface area contributed by atoms with Gasteiger partial charge in [0.2, 0.25) is 0 Å². The fraction of sp³-hybridized carbons (Fsp3) is 0.333. The number of methoxy groups -OCH3 is 1. The van der Waals surface area contributed by atoms with Gasteiger partial charge in [-0.15, -0.1) is 0 Å². The quantitative estimate of drug-likeness (QED) is 0.806. The molecule has 0 radical (unpaired) electrons. The number of carbonyl (C=O) groups is 1. The first-order valence-corrected chi connectivity index (χ1v) is 8.78. The number of nitriles is 1. The second-order valence-electron chi connectivity index (χ2n) is 6.61. The third kappa shape index (κ3) is 3.97. The van der Waals surface area contributed by atoms with Crippen LogP contribution >= 0.6 is 0 Å². The lowest BCUT2D eigenvalue weighted by molar-refractivity contribution is 0.101. The molecule has 0 spiro atoms. The van der Waals surface area contributed by atoms with Crippen LogP contribution in [-0.4, -0.2) is 32.5 Å². The summed E-state index contributed by atoms with van der Waals surface area (Å²) in [4.78, 5) is 13.9. The lowest BCUT2D eigenvalue weighted by atomic mass is 10.1. The smallest absolute Gasteiger partial charge is 0.159 e. The van der Waals surface area contributed by atoms with Gasteiger partial charge < -0.3 is 15.0 Å². The molecule has 134 valence electrons.